The van der Waals surface area contributed by atoms with E-state index < -0.39 is 23.8 Å². The lowest BCUT2D eigenvalue weighted by atomic mass is 9.95. The normalized spacial score (nSPS) is 13.7. The molecule has 0 aliphatic heterocycles. The van der Waals surface area contributed by atoms with Gasteiger partial charge in [0.05, 0.1) is 0 Å². The predicted octanol–water partition coefficient (Wildman–Crippen LogP) is 5.95. The fourth-order valence-electron chi connectivity index (χ4n) is 4.03. The molecular formula is C30H43N3O5. The van der Waals surface area contributed by atoms with Gasteiger partial charge in [0.15, 0.2) is 0 Å². The number of carbonyl (C=O) groups excluding carboxylic acids is 3. The van der Waals surface area contributed by atoms with Gasteiger partial charge in [-0.1, -0.05) is 63.9 Å². The minimum absolute atomic E-state index is 0.0577. The summed E-state index contributed by atoms with van der Waals surface area (Å²) in [6.07, 6.45) is 1.42. The van der Waals surface area contributed by atoms with E-state index in [0.717, 1.165) is 12.0 Å². The monoisotopic (exact) mass is 525 g/mol. The van der Waals surface area contributed by atoms with Crippen molar-refractivity contribution < 1.29 is 24.2 Å². The van der Waals surface area contributed by atoms with E-state index in [1.54, 1.807) is 32.9 Å². The molecule has 2 aromatic rings. The number of phenols is 1. The molecule has 2 rings (SSSR count). The van der Waals surface area contributed by atoms with Crippen LogP contribution in [0.4, 0.5) is 10.5 Å². The van der Waals surface area contributed by atoms with E-state index in [1.165, 1.54) is 17.0 Å². The van der Waals surface area contributed by atoms with Crippen LogP contribution in [0.2, 0.25) is 0 Å². The molecule has 3 atom stereocenters. The molecular weight excluding hydrogens is 482 g/mol. The van der Waals surface area contributed by atoms with E-state index in [9.17, 15) is 19.5 Å². The van der Waals surface area contributed by atoms with Crippen LogP contribution in [0, 0.1) is 12.8 Å². The molecule has 3 N–H and O–H groups in total. The molecule has 0 aliphatic rings. The van der Waals surface area contributed by atoms with Gasteiger partial charge in [-0.3, -0.25) is 9.59 Å². The number of hydrogen-bond acceptors (Lipinski definition) is 5. The zero-order valence-corrected chi connectivity index (χ0v) is 23.7. The van der Waals surface area contributed by atoms with Crippen LogP contribution in [0.3, 0.4) is 0 Å². The summed E-state index contributed by atoms with van der Waals surface area (Å²) in [5.74, 6) is -0.896. The molecule has 2 aromatic carbocycles. The van der Waals surface area contributed by atoms with E-state index >= 15 is 0 Å². The van der Waals surface area contributed by atoms with Gasteiger partial charge in [-0.05, 0) is 69.4 Å². The Hall–Kier alpha value is -3.55. The number of para-hydroxylation sites is 1. The van der Waals surface area contributed by atoms with Crippen LogP contribution in [0.5, 0.6) is 5.75 Å². The van der Waals surface area contributed by atoms with Gasteiger partial charge in [0.1, 0.15) is 23.4 Å². The Kier molecular flexibility index (Phi) is 11.2. The Labute approximate surface area is 226 Å². The average molecular weight is 526 g/mol. The fourth-order valence-corrected chi connectivity index (χ4v) is 4.03. The summed E-state index contributed by atoms with van der Waals surface area (Å²) >= 11 is 0. The minimum Gasteiger partial charge on any atom is -0.508 e. The first-order valence-electron chi connectivity index (χ1n) is 13.3. The van der Waals surface area contributed by atoms with Crippen molar-refractivity contribution in [2.75, 3.05) is 11.9 Å². The van der Waals surface area contributed by atoms with Gasteiger partial charge in [0.25, 0.3) is 5.91 Å². The number of unbranched alkanes of at least 4 members (excludes halogenated alkanes) is 1. The molecule has 0 bridgehead atoms. The SMILES string of the molecule is CCCCN(C(=O)C(NC(=O)OC(C)(C)C)C(C)CC)C(C(=O)Nc1ccccc1C)c1ccc(O)cc1. The summed E-state index contributed by atoms with van der Waals surface area (Å²) < 4.78 is 5.44. The van der Waals surface area contributed by atoms with Crippen molar-refractivity contribution >= 4 is 23.6 Å². The maximum Gasteiger partial charge on any atom is 0.408 e. The second kappa shape index (κ2) is 13.8. The van der Waals surface area contributed by atoms with Crippen LogP contribution >= 0.6 is 0 Å². The summed E-state index contributed by atoms with van der Waals surface area (Å²) in [4.78, 5) is 42.3. The lowest BCUT2D eigenvalue weighted by Gasteiger charge is -2.36. The van der Waals surface area contributed by atoms with E-state index in [2.05, 4.69) is 10.6 Å². The van der Waals surface area contributed by atoms with Crippen molar-refractivity contribution in [3.05, 3.63) is 59.7 Å². The quantitative estimate of drug-likeness (QED) is 0.336. The number of nitrogens with one attached hydrogen (secondary N) is 2. The Morgan fingerprint density at radius 1 is 1.03 bits per heavy atom. The standard InChI is InChI=1S/C30H43N3O5/c1-8-10-19-33(28(36)25(20(3)9-2)32-29(37)38-30(5,6)7)26(22-15-17-23(34)18-16-22)27(35)31-24-14-12-11-13-21(24)4/h11-18,20,25-26,34H,8-10,19H2,1-7H3,(H,31,35)(H,32,37). The van der Waals surface area contributed by atoms with E-state index in [1.807, 2.05) is 52.0 Å². The number of ether oxygens (including phenoxy) is 1. The molecule has 8 nitrogen and oxygen atoms in total. The van der Waals surface area contributed by atoms with Gasteiger partial charge in [0, 0.05) is 12.2 Å². The van der Waals surface area contributed by atoms with Crippen LogP contribution in [-0.4, -0.2) is 46.1 Å². The topological polar surface area (TPSA) is 108 Å². The Balaban J connectivity index is 2.54. The van der Waals surface area contributed by atoms with Crippen molar-refractivity contribution in [3.8, 4) is 5.75 Å². The van der Waals surface area contributed by atoms with Crippen LogP contribution in [0.1, 0.15) is 78.0 Å². The first kappa shape index (κ1) is 30.7. The molecule has 8 heteroatoms. The van der Waals surface area contributed by atoms with E-state index in [-0.39, 0.29) is 23.5 Å². The van der Waals surface area contributed by atoms with Crippen LogP contribution < -0.4 is 10.6 Å². The number of carbonyl (C=O) groups is 3. The van der Waals surface area contributed by atoms with Crippen LogP contribution in [-0.2, 0) is 14.3 Å². The predicted molar refractivity (Wildman–Crippen MR) is 150 cm³/mol. The lowest BCUT2D eigenvalue weighted by Crippen LogP contribution is -2.55. The molecule has 0 saturated carbocycles. The number of alkyl carbamates (subject to hydrolysis) is 1. The van der Waals surface area contributed by atoms with E-state index in [4.69, 9.17) is 4.74 Å². The molecule has 0 aromatic heterocycles. The molecule has 0 radical (unpaired) electrons. The van der Waals surface area contributed by atoms with Gasteiger partial charge >= 0.3 is 6.09 Å². The van der Waals surface area contributed by atoms with Crippen molar-refractivity contribution in [1.82, 2.24) is 10.2 Å². The highest BCUT2D eigenvalue weighted by molar-refractivity contribution is 5.99. The van der Waals surface area contributed by atoms with E-state index in [0.29, 0.717) is 30.6 Å². The Morgan fingerprint density at radius 3 is 2.21 bits per heavy atom. The molecule has 38 heavy (non-hydrogen) atoms. The van der Waals surface area contributed by atoms with Crippen LogP contribution in [0.25, 0.3) is 0 Å². The largest absolute Gasteiger partial charge is 0.508 e. The number of nitrogens with zero attached hydrogens (tertiary/aromatic N) is 1. The van der Waals surface area contributed by atoms with Crippen molar-refractivity contribution in [3.63, 3.8) is 0 Å². The second-order valence-corrected chi connectivity index (χ2v) is 10.7. The van der Waals surface area contributed by atoms with Gasteiger partial charge in [-0.25, -0.2) is 4.79 Å². The number of amides is 3. The number of anilines is 1. The Morgan fingerprint density at radius 2 is 1.66 bits per heavy atom. The molecule has 208 valence electrons. The molecule has 0 fully saturated rings. The average Bonchev–Trinajstić information content (AvgIpc) is 2.85. The highest BCUT2D eigenvalue weighted by Crippen LogP contribution is 2.28. The molecule has 0 aliphatic carbocycles. The van der Waals surface area contributed by atoms with Gasteiger partial charge in [0.2, 0.25) is 5.91 Å². The van der Waals surface area contributed by atoms with Crippen molar-refractivity contribution in [2.24, 2.45) is 5.92 Å². The third-order valence-corrected chi connectivity index (χ3v) is 6.36. The van der Waals surface area contributed by atoms with Gasteiger partial charge in [-0.2, -0.15) is 0 Å². The van der Waals surface area contributed by atoms with Crippen molar-refractivity contribution in [2.45, 2.75) is 85.4 Å². The van der Waals surface area contributed by atoms with Crippen LogP contribution in [0.15, 0.2) is 48.5 Å². The number of phenolic OH excluding ortho intramolecular Hbond substituents is 1. The number of benzene rings is 2. The zero-order valence-electron chi connectivity index (χ0n) is 23.7. The highest BCUT2D eigenvalue weighted by atomic mass is 16.6. The van der Waals surface area contributed by atoms with Crippen molar-refractivity contribution in [1.29, 1.82) is 0 Å². The third kappa shape index (κ3) is 8.78. The van der Waals surface area contributed by atoms with Gasteiger partial charge < -0.3 is 25.4 Å². The maximum absolute atomic E-state index is 14.2. The Bertz CT molecular complexity index is 1080. The zero-order chi connectivity index (χ0) is 28.5. The summed E-state index contributed by atoms with van der Waals surface area (Å²) in [7, 11) is 0. The third-order valence-electron chi connectivity index (χ3n) is 6.36. The number of rotatable bonds is 11. The molecule has 3 unspecified atom stereocenters. The lowest BCUT2D eigenvalue weighted by molar-refractivity contribution is -0.142. The summed E-state index contributed by atoms with van der Waals surface area (Å²) in [5.41, 5.74) is 1.37. The summed E-state index contributed by atoms with van der Waals surface area (Å²) in [6, 6.07) is 11.8. The molecule has 3 amide bonds. The number of hydrogen-bond donors (Lipinski definition) is 3. The highest BCUT2D eigenvalue weighted by Gasteiger charge is 2.38. The minimum atomic E-state index is -0.985. The second-order valence-electron chi connectivity index (χ2n) is 10.7. The number of aromatic hydroxyl groups is 1. The molecule has 0 spiro atoms. The van der Waals surface area contributed by atoms with Gasteiger partial charge in [-0.15, -0.1) is 0 Å². The summed E-state index contributed by atoms with van der Waals surface area (Å²) in [6.45, 7) is 13.3. The number of aryl methyl sites for hydroxylation is 1. The first-order valence-corrected chi connectivity index (χ1v) is 13.3. The maximum atomic E-state index is 14.2. The fraction of sp³-hybridized carbons (Fsp3) is 0.500. The summed E-state index contributed by atoms with van der Waals surface area (Å²) in [5, 5.41) is 15.6. The molecule has 0 heterocycles. The first-order chi connectivity index (χ1) is 17.9. The molecule has 0 saturated heterocycles. The smallest absolute Gasteiger partial charge is 0.408 e.